The Morgan fingerprint density at radius 2 is 1.90 bits per heavy atom. The number of aryl methyl sites for hydroxylation is 1. The SMILES string of the molecule is CCCCc1ccc(NC(=O)[C@H]2CCC(=O)N2[C@@H]2OC(=O)c3ccccc32)cc1. The molecule has 1 N–H and O–H groups in total. The predicted octanol–water partition coefficient (Wildman–Crippen LogP) is 3.83. The highest BCUT2D eigenvalue weighted by Crippen LogP contribution is 2.38. The number of fused-ring (bicyclic) bond motifs is 1. The lowest BCUT2D eigenvalue weighted by Gasteiger charge is -2.29. The second-order valence-electron chi connectivity index (χ2n) is 7.49. The number of carbonyl (C=O) groups excluding carboxylic acids is 3. The number of ether oxygens (including phenoxy) is 1. The van der Waals surface area contributed by atoms with Gasteiger partial charge >= 0.3 is 5.97 Å². The molecule has 2 aromatic carbocycles. The number of anilines is 1. The van der Waals surface area contributed by atoms with Gasteiger partial charge in [-0.2, -0.15) is 0 Å². The molecule has 2 atom stereocenters. The van der Waals surface area contributed by atoms with Crippen molar-refractivity contribution in [2.24, 2.45) is 0 Å². The van der Waals surface area contributed by atoms with Crippen LogP contribution in [0.4, 0.5) is 5.69 Å². The first-order valence-electron chi connectivity index (χ1n) is 10.1. The van der Waals surface area contributed by atoms with Crippen LogP contribution in [0.15, 0.2) is 48.5 Å². The Hall–Kier alpha value is -3.15. The van der Waals surface area contributed by atoms with Crippen molar-refractivity contribution in [1.29, 1.82) is 0 Å². The zero-order valence-electron chi connectivity index (χ0n) is 16.4. The summed E-state index contributed by atoms with van der Waals surface area (Å²) in [4.78, 5) is 39.0. The highest BCUT2D eigenvalue weighted by molar-refractivity contribution is 6.00. The van der Waals surface area contributed by atoms with Crippen molar-refractivity contribution in [3.8, 4) is 0 Å². The van der Waals surface area contributed by atoms with Crippen LogP contribution in [0.25, 0.3) is 0 Å². The Morgan fingerprint density at radius 3 is 2.66 bits per heavy atom. The number of nitrogens with one attached hydrogen (secondary N) is 1. The van der Waals surface area contributed by atoms with Gasteiger partial charge in [-0.15, -0.1) is 0 Å². The van der Waals surface area contributed by atoms with Gasteiger partial charge in [-0.05, 0) is 43.0 Å². The highest BCUT2D eigenvalue weighted by atomic mass is 16.6. The molecule has 29 heavy (non-hydrogen) atoms. The van der Waals surface area contributed by atoms with Crippen LogP contribution in [0.3, 0.4) is 0 Å². The standard InChI is InChI=1S/C23H24N2O4/c1-2-3-6-15-9-11-16(12-10-15)24-21(27)19-13-14-20(26)25(19)22-17-7-4-5-8-18(17)23(28)29-22/h4-5,7-12,19,22H,2-3,6,13-14H2,1H3,(H,24,27)/t19-,22-/m1/s1. The number of likely N-dealkylation sites (tertiary alicyclic amines) is 1. The largest absolute Gasteiger partial charge is 0.433 e. The molecule has 2 aliphatic heterocycles. The number of amides is 2. The van der Waals surface area contributed by atoms with Crippen molar-refractivity contribution in [2.45, 2.75) is 51.3 Å². The summed E-state index contributed by atoms with van der Waals surface area (Å²) in [5.41, 5.74) is 3.00. The summed E-state index contributed by atoms with van der Waals surface area (Å²) in [5.74, 6) is -0.917. The molecule has 2 aromatic rings. The molecule has 0 spiro atoms. The van der Waals surface area contributed by atoms with E-state index in [2.05, 4.69) is 12.2 Å². The van der Waals surface area contributed by atoms with E-state index in [1.54, 1.807) is 24.3 Å². The van der Waals surface area contributed by atoms with Crippen LogP contribution in [0.1, 0.15) is 60.3 Å². The number of esters is 1. The first kappa shape index (κ1) is 19.2. The Balaban J connectivity index is 1.50. The fourth-order valence-corrected chi connectivity index (χ4v) is 3.95. The van der Waals surface area contributed by atoms with Crippen molar-refractivity contribution < 1.29 is 19.1 Å². The Morgan fingerprint density at radius 1 is 1.14 bits per heavy atom. The number of unbranched alkanes of at least 4 members (excludes halogenated alkanes) is 1. The molecule has 1 fully saturated rings. The molecule has 6 nitrogen and oxygen atoms in total. The molecule has 150 valence electrons. The lowest BCUT2D eigenvalue weighted by molar-refractivity contribution is -0.144. The van der Waals surface area contributed by atoms with Crippen molar-refractivity contribution in [3.63, 3.8) is 0 Å². The summed E-state index contributed by atoms with van der Waals surface area (Å²) in [6.45, 7) is 2.16. The van der Waals surface area contributed by atoms with Gasteiger partial charge < -0.3 is 10.1 Å². The molecule has 2 aliphatic rings. The minimum absolute atomic E-state index is 0.186. The number of carbonyl (C=O) groups is 3. The summed E-state index contributed by atoms with van der Waals surface area (Å²) < 4.78 is 5.46. The van der Waals surface area contributed by atoms with Gasteiger partial charge in [0, 0.05) is 17.7 Å². The van der Waals surface area contributed by atoms with E-state index in [-0.39, 0.29) is 18.2 Å². The predicted molar refractivity (Wildman–Crippen MR) is 108 cm³/mol. The van der Waals surface area contributed by atoms with E-state index in [1.807, 2.05) is 24.3 Å². The Bertz CT molecular complexity index is 938. The molecule has 0 saturated carbocycles. The van der Waals surface area contributed by atoms with Crippen molar-refractivity contribution in [1.82, 2.24) is 4.90 Å². The first-order valence-corrected chi connectivity index (χ1v) is 10.1. The second kappa shape index (κ2) is 8.07. The molecule has 0 aliphatic carbocycles. The smallest absolute Gasteiger partial charge is 0.340 e. The van der Waals surface area contributed by atoms with Gasteiger partial charge in [0.15, 0.2) is 0 Å². The van der Waals surface area contributed by atoms with Crippen LogP contribution in [-0.4, -0.2) is 28.7 Å². The lowest BCUT2D eigenvalue weighted by atomic mass is 10.1. The molecule has 0 bridgehead atoms. The van der Waals surface area contributed by atoms with E-state index < -0.39 is 18.2 Å². The summed E-state index contributed by atoms with van der Waals surface area (Å²) >= 11 is 0. The van der Waals surface area contributed by atoms with Gasteiger partial charge in [-0.25, -0.2) is 4.79 Å². The van der Waals surface area contributed by atoms with Gasteiger partial charge in [-0.1, -0.05) is 43.7 Å². The third-order valence-corrected chi connectivity index (χ3v) is 5.52. The highest BCUT2D eigenvalue weighted by Gasteiger charge is 2.46. The fourth-order valence-electron chi connectivity index (χ4n) is 3.95. The minimum atomic E-state index is -0.846. The van der Waals surface area contributed by atoms with E-state index in [1.165, 1.54) is 10.5 Å². The zero-order valence-corrected chi connectivity index (χ0v) is 16.4. The first-order chi connectivity index (χ1) is 14.1. The summed E-state index contributed by atoms with van der Waals surface area (Å²) in [6, 6.07) is 14.1. The van der Waals surface area contributed by atoms with Crippen molar-refractivity contribution in [2.75, 3.05) is 5.32 Å². The number of cyclic esters (lactones) is 1. The van der Waals surface area contributed by atoms with E-state index in [9.17, 15) is 14.4 Å². The van der Waals surface area contributed by atoms with Gasteiger partial charge in [-0.3, -0.25) is 14.5 Å². The second-order valence-corrected chi connectivity index (χ2v) is 7.49. The summed E-state index contributed by atoms with van der Waals surface area (Å²) in [6.07, 6.45) is 3.09. The van der Waals surface area contributed by atoms with Crippen LogP contribution in [0.2, 0.25) is 0 Å². The van der Waals surface area contributed by atoms with Gasteiger partial charge in [0.05, 0.1) is 5.56 Å². The molecule has 4 rings (SSSR count). The normalized spacial score (nSPS) is 20.5. The third kappa shape index (κ3) is 3.75. The number of hydrogen-bond donors (Lipinski definition) is 1. The average Bonchev–Trinajstić information content (AvgIpc) is 3.27. The Kier molecular flexibility index (Phi) is 5.34. The van der Waals surface area contributed by atoms with Gasteiger partial charge in [0.1, 0.15) is 6.04 Å². The number of rotatable bonds is 6. The number of benzene rings is 2. The number of nitrogens with zero attached hydrogens (tertiary/aromatic N) is 1. The average molecular weight is 392 g/mol. The van der Waals surface area contributed by atoms with Crippen LogP contribution in [0.5, 0.6) is 0 Å². The monoisotopic (exact) mass is 392 g/mol. The van der Waals surface area contributed by atoms with Crippen molar-refractivity contribution in [3.05, 3.63) is 65.2 Å². The van der Waals surface area contributed by atoms with Gasteiger partial charge in [0.2, 0.25) is 18.0 Å². The van der Waals surface area contributed by atoms with E-state index >= 15 is 0 Å². The van der Waals surface area contributed by atoms with E-state index in [0.29, 0.717) is 23.2 Å². The maximum atomic E-state index is 12.9. The third-order valence-electron chi connectivity index (χ3n) is 5.52. The van der Waals surface area contributed by atoms with Crippen LogP contribution in [-0.2, 0) is 20.7 Å². The molecule has 0 aromatic heterocycles. The lowest BCUT2D eigenvalue weighted by Crippen LogP contribution is -2.43. The summed E-state index contributed by atoms with van der Waals surface area (Å²) in [5, 5.41) is 2.90. The molecular weight excluding hydrogens is 368 g/mol. The molecule has 0 radical (unpaired) electrons. The van der Waals surface area contributed by atoms with Crippen molar-refractivity contribution >= 4 is 23.5 Å². The van der Waals surface area contributed by atoms with Crippen LogP contribution < -0.4 is 5.32 Å². The summed E-state index contributed by atoms with van der Waals surface area (Å²) in [7, 11) is 0. The van der Waals surface area contributed by atoms with Gasteiger partial charge in [0.25, 0.3) is 0 Å². The molecular formula is C23H24N2O4. The quantitative estimate of drug-likeness (QED) is 0.758. The maximum absolute atomic E-state index is 12.9. The molecule has 2 amide bonds. The topological polar surface area (TPSA) is 75.7 Å². The number of hydrogen-bond acceptors (Lipinski definition) is 4. The molecule has 1 saturated heterocycles. The van der Waals surface area contributed by atoms with E-state index in [4.69, 9.17) is 4.74 Å². The van der Waals surface area contributed by atoms with E-state index in [0.717, 1.165) is 19.3 Å². The maximum Gasteiger partial charge on any atom is 0.340 e. The molecule has 0 unspecified atom stereocenters. The molecule has 2 heterocycles. The van der Waals surface area contributed by atoms with Crippen LogP contribution in [0, 0.1) is 0 Å². The van der Waals surface area contributed by atoms with Crippen LogP contribution >= 0.6 is 0 Å². The molecule has 6 heteroatoms. The fraction of sp³-hybridized carbons (Fsp3) is 0.348. The zero-order chi connectivity index (χ0) is 20.4. The Labute approximate surface area is 169 Å². The minimum Gasteiger partial charge on any atom is -0.433 e.